The molecule has 3 rings (SSSR count). The van der Waals surface area contributed by atoms with Crippen LogP contribution in [0.1, 0.15) is 106 Å². The zero-order valence-electron chi connectivity index (χ0n) is 41.1. The van der Waals surface area contributed by atoms with Crippen molar-refractivity contribution in [1.29, 1.82) is 0 Å². The second kappa shape index (κ2) is 25.9. The molecule has 1 fully saturated rings. The summed E-state index contributed by atoms with van der Waals surface area (Å²) in [4.78, 5) is 93.9. The molecule has 19 heteroatoms. The van der Waals surface area contributed by atoms with Gasteiger partial charge in [0.25, 0.3) is 0 Å². The molecule has 0 bridgehead atoms. The maximum atomic E-state index is 14.7. The van der Waals surface area contributed by atoms with Crippen LogP contribution in [0.5, 0.6) is 0 Å². The van der Waals surface area contributed by atoms with Gasteiger partial charge >= 0.3 is 6.09 Å². The summed E-state index contributed by atoms with van der Waals surface area (Å²) in [7, 11) is 1.47. The van der Waals surface area contributed by atoms with Crippen LogP contribution in [0, 0.1) is 23.7 Å². The Bertz CT molecular complexity index is 1880. The summed E-state index contributed by atoms with van der Waals surface area (Å²) in [5.41, 5.74) is -1.22. The van der Waals surface area contributed by atoms with Crippen molar-refractivity contribution in [2.45, 2.75) is 155 Å². The molecule has 0 aliphatic carbocycles. The third-order valence-electron chi connectivity index (χ3n) is 12.4. The van der Waals surface area contributed by atoms with Gasteiger partial charge in [-0.2, -0.15) is 0 Å². The maximum absolute atomic E-state index is 14.7. The fourth-order valence-electron chi connectivity index (χ4n) is 8.08. The van der Waals surface area contributed by atoms with Gasteiger partial charge in [-0.15, -0.1) is 0 Å². The van der Waals surface area contributed by atoms with Gasteiger partial charge in [-0.05, 0) is 69.8 Å². The lowest BCUT2D eigenvalue weighted by Crippen LogP contribution is -2.62. The van der Waals surface area contributed by atoms with Gasteiger partial charge in [0, 0.05) is 44.2 Å². The van der Waals surface area contributed by atoms with Crippen molar-refractivity contribution in [2.24, 2.45) is 23.7 Å². The highest BCUT2D eigenvalue weighted by atomic mass is 16.6. The molecule has 9 N–H and O–H groups in total. The number of carbonyl (C=O) groups excluding carboxylic acids is 6. The Labute approximate surface area is 395 Å². The number of imidazole rings is 1. The number of likely N-dealkylation sites (tertiary alicyclic amines) is 1. The number of aromatic amines is 1. The van der Waals surface area contributed by atoms with Crippen LogP contribution in [-0.4, -0.2) is 157 Å². The van der Waals surface area contributed by atoms with Crippen LogP contribution in [-0.2, 0) is 41.6 Å². The van der Waals surface area contributed by atoms with Crippen LogP contribution in [0.25, 0.3) is 0 Å². The second-order valence-corrected chi connectivity index (χ2v) is 19.8. The fourth-order valence-corrected chi connectivity index (χ4v) is 8.08. The maximum Gasteiger partial charge on any atom is 0.410 e. The molecule has 6 amide bonds. The van der Waals surface area contributed by atoms with Crippen LogP contribution < -0.4 is 21.3 Å². The summed E-state index contributed by atoms with van der Waals surface area (Å²) < 4.78 is 5.58. The van der Waals surface area contributed by atoms with Crippen LogP contribution in [0.3, 0.4) is 0 Å². The van der Waals surface area contributed by atoms with E-state index in [4.69, 9.17) is 4.74 Å². The Morgan fingerprint density at radius 2 is 1.54 bits per heavy atom. The number of amides is 6. The quantitative estimate of drug-likeness (QED) is 0.0690. The molecule has 0 saturated carbocycles. The average Bonchev–Trinajstić information content (AvgIpc) is 4.00. The molecule has 0 unspecified atom stereocenters. The Morgan fingerprint density at radius 3 is 2.07 bits per heavy atom. The summed E-state index contributed by atoms with van der Waals surface area (Å²) in [6, 6.07) is 3.86. The number of carbonyl (C=O) groups is 6. The van der Waals surface area contributed by atoms with E-state index in [9.17, 15) is 49.2 Å². The fraction of sp³-hybridized carbons (Fsp3) is 0.688. The predicted octanol–water partition coefficient (Wildman–Crippen LogP) is 1.82. The van der Waals surface area contributed by atoms with Crippen LogP contribution in [0.4, 0.5) is 4.79 Å². The van der Waals surface area contributed by atoms with Gasteiger partial charge in [-0.3, -0.25) is 28.9 Å². The minimum Gasteiger partial charge on any atom is -0.444 e. The number of ether oxygens (including phenoxy) is 1. The molecule has 0 spiro atoms. The topological polar surface area (TPSA) is 276 Å². The van der Waals surface area contributed by atoms with E-state index >= 15 is 0 Å². The molecule has 0 radical (unpaired) electrons. The number of hydrogen-bond acceptors (Lipinski definition) is 12. The third-order valence-corrected chi connectivity index (χ3v) is 12.4. The largest absolute Gasteiger partial charge is 0.444 e. The number of hydrogen-bond donors (Lipinski definition) is 9. The molecule has 1 aliphatic heterocycles. The van der Waals surface area contributed by atoms with Crippen molar-refractivity contribution >= 4 is 35.6 Å². The Balaban J connectivity index is 1.93. The molecular weight excluding hydrogens is 865 g/mol. The summed E-state index contributed by atoms with van der Waals surface area (Å²) >= 11 is 0. The molecule has 2 aromatic rings. The van der Waals surface area contributed by atoms with Gasteiger partial charge in [0.05, 0.1) is 38.3 Å². The predicted molar refractivity (Wildman–Crippen MR) is 251 cm³/mol. The molecule has 2 heterocycles. The zero-order valence-corrected chi connectivity index (χ0v) is 41.1. The molecule has 376 valence electrons. The zero-order chi connectivity index (χ0) is 50.2. The lowest BCUT2D eigenvalue weighted by molar-refractivity contribution is -0.143. The molecule has 67 heavy (non-hydrogen) atoms. The van der Waals surface area contributed by atoms with Gasteiger partial charge in [-0.1, -0.05) is 78.3 Å². The first-order valence-corrected chi connectivity index (χ1v) is 23.5. The number of nitrogens with zero attached hydrogens (tertiary/aromatic N) is 3. The molecule has 1 aromatic carbocycles. The van der Waals surface area contributed by atoms with Crippen molar-refractivity contribution < 1.29 is 53.9 Å². The summed E-state index contributed by atoms with van der Waals surface area (Å²) in [6.07, 6.45) is 2.71. The monoisotopic (exact) mass is 943 g/mol. The van der Waals surface area contributed by atoms with Gasteiger partial charge < -0.3 is 56.3 Å². The van der Waals surface area contributed by atoms with Crippen LogP contribution in [0.2, 0.25) is 0 Å². The van der Waals surface area contributed by atoms with Gasteiger partial charge in [0.1, 0.15) is 35.3 Å². The Hall–Kier alpha value is -5.11. The summed E-state index contributed by atoms with van der Waals surface area (Å²) in [5.74, 6) is -4.59. The van der Waals surface area contributed by atoms with Crippen molar-refractivity contribution in [2.75, 3.05) is 33.4 Å². The molecule has 1 aliphatic rings. The number of nitrogens with one attached hydrogen (secondary N) is 5. The van der Waals surface area contributed by atoms with E-state index in [0.29, 0.717) is 37.9 Å². The highest BCUT2D eigenvalue weighted by Gasteiger charge is 2.41. The minimum absolute atomic E-state index is 0.0141. The van der Waals surface area contributed by atoms with Crippen molar-refractivity contribution in [1.82, 2.24) is 41.0 Å². The van der Waals surface area contributed by atoms with E-state index in [0.717, 1.165) is 5.56 Å². The number of likely N-dealkylation sites (N-methyl/N-ethyl adjacent to an activating group) is 1. The first kappa shape index (κ1) is 56.2. The van der Waals surface area contributed by atoms with E-state index < -0.39 is 115 Å². The second-order valence-electron chi connectivity index (χ2n) is 19.8. The average molecular weight is 943 g/mol. The van der Waals surface area contributed by atoms with E-state index in [1.54, 1.807) is 41.5 Å². The molecule has 19 nitrogen and oxygen atoms in total. The van der Waals surface area contributed by atoms with Crippen molar-refractivity contribution in [3.05, 3.63) is 54.1 Å². The van der Waals surface area contributed by atoms with Crippen LogP contribution >= 0.6 is 0 Å². The normalized spacial score (nSPS) is 17.4. The first-order valence-electron chi connectivity index (χ1n) is 23.5. The molecule has 1 aromatic heterocycles. The van der Waals surface area contributed by atoms with Crippen molar-refractivity contribution in [3.8, 4) is 0 Å². The van der Waals surface area contributed by atoms with Crippen LogP contribution in [0.15, 0.2) is 42.9 Å². The smallest absolute Gasteiger partial charge is 0.410 e. The Morgan fingerprint density at radius 1 is 0.896 bits per heavy atom. The lowest BCUT2D eigenvalue weighted by Gasteiger charge is -2.35. The van der Waals surface area contributed by atoms with Gasteiger partial charge in [-0.25, -0.2) is 9.78 Å². The highest BCUT2D eigenvalue weighted by Crippen LogP contribution is 2.25. The van der Waals surface area contributed by atoms with E-state index in [1.807, 2.05) is 51.1 Å². The molecule has 8 atom stereocenters. The first-order chi connectivity index (χ1) is 31.5. The minimum atomic E-state index is -1.71. The van der Waals surface area contributed by atoms with E-state index in [2.05, 4.69) is 31.2 Å². The highest BCUT2D eigenvalue weighted by molar-refractivity contribution is 5.94. The summed E-state index contributed by atoms with van der Waals surface area (Å²) in [5, 5.41) is 52.7. The standard InChI is InChI=1S/C48H78N8O11/c1-11-31(6)40(44(64)54-48(25-57,26-58)27-59)53-41(61)34(30(4)5)23-39(60)35(20-29(2)3)51-43(63)38(22-33-24-49-28-50-33)55(10)45(65)36(21-32-16-13-12-14-17-32)52-42(62)37-18-15-19-56(37)46(66)67-47(7,8)9/h12-14,16-17,24,28-31,34-40,57-60H,11,15,18-23,25-27H2,1-10H3,(H,49,50)(H,51,63)(H,52,62)(H,53,61)(H,54,64)/t31-,34-,35-,36-,37-,38-,39-,40-/m0/s1. The van der Waals surface area contributed by atoms with Gasteiger partial charge in [0.2, 0.25) is 29.5 Å². The Kier molecular flexibility index (Phi) is 21.7. The lowest BCUT2D eigenvalue weighted by atomic mass is 9.84. The van der Waals surface area contributed by atoms with Crippen molar-refractivity contribution in [3.63, 3.8) is 0 Å². The number of aliphatic hydroxyl groups excluding tert-OH is 4. The number of aliphatic hydroxyl groups is 4. The van der Waals surface area contributed by atoms with E-state index in [-0.39, 0.29) is 31.1 Å². The number of aromatic nitrogens is 2. The summed E-state index contributed by atoms with van der Waals surface area (Å²) in [6.45, 7) is 14.3. The number of benzene rings is 1. The third kappa shape index (κ3) is 16.6. The molecule has 1 saturated heterocycles. The van der Waals surface area contributed by atoms with E-state index in [1.165, 1.54) is 29.4 Å². The molecular formula is C48H78N8O11. The number of rotatable bonds is 25. The number of H-pyrrole nitrogens is 1. The van der Waals surface area contributed by atoms with Gasteiger partial charge in [0.15, 0.2) is 0 Å². The SMILES string of the molecule is CC[C@H](C)[C@H](NC(=O)[C@@H](C[C@H](O)[C@H](CC(C)C)NC(=O)[C@H](Cc1cnc[nH]1)N(C)C(=O)[C@H](Cc1ccccc1)NC(=O)[C@@H]1CCCN1C(=O)OC(C)(C)C)C(C)C)C(=O)NC(CO)(CO)CO.